The summed E-state index contributed by atoms with van der Waals surface area (Å²) in [5.74, 6) is 0.290. The van der Waals surface area contributed by atoms with Gasteiger partial charge in [0.25, 0.3) is 0 Å². The number of rotatable bonds is 3. The lowest BCUT2D eigenvalue weighted by atomic mass is 9.85. The maximum absolute atomic E-state index is 11.9. The van der Waals surface area contributed by atoms with Crippen LogP contribution in [0.4, 0.5) is 0 Å². The van der Waals surface area contributed by atoms with Crippen LogP contribution >= 0.6 is 0 Å². The third kappa shape index (κ3) is 3.49. The van der Waals surface area contributed by atoms with E-state index in [4.69, 9.17) is 0 Å². The van der Waals surface area contributed by atoms with Crippen LogP contribution in [0, 0.1) is 11.8 Å². The summed E-state index contributed by atoms with van der Waals surface area (Å²) in [6.07, 6.45) is 3.28. The Labute approximate surface area is 92.3 Å². The molecule has 0 aromatic carbocycles. The summed E-state index contributed by atoms with van der Waals surface area (Å²) in [5.41, 5.74) is 0. The maximum atomic E-state index is 11.9. The van der Waals surface area contributed by atoms with E-state index in [9.17, 15) is 9.90 Å². The molecule has 1 fully saturated rings. The lowest BCUT2D eigenvalue weighted by Crippen LogP contribution is -2.44. The summed E-state index contributed by atoms with van der Waals surface area (Å²) in [5, 5.41) is 12.7. The van der Waals surface area contributed by atoms with Gasteiger partial charge in [-0.05, 0) is 25.7 Å². The molecular formula is C12H23NO2. The van der Waals surface area contributed by atoms with Crippen LogP contribution in [0.2, 0.25) is 0 Å². The van der Waals surface area contributed by atoms with Gasteiger partial charge in [0.1, 0.15) is 0 Å². The average molecular weight is 213 g/mol. The Hall–Kier alpha value is -0.570. The fourth-order valence-electron chi connectivity index (χ4n) is 1.92. The normalized spacial score (nSPS) is 28.9. The van der Waals surface area contributed by atoms with Crippen molar-refractivity contribution < 1.29 is 9.90 Å². The molecule has 1 amide bonds. The molecule has 2 unspecified atom stereocenters. The summed E-state index contributed by atoms with van der Waals surface area (Å²) in [7, 11) is 0. The molecule has 3 atom stereocenters. The van der Waals surface area contributed by atoms with Crippen LogP contribution in [0.25, 0.3) is 0 Å². The molecule has 88 valence electrons. The fourth-order valence-corrected chi connectivity index (χ4v) is 1.92. The Morgan fingerprint density at radius 3 is 2.40 bits per heavy atom. The number of aliphatic hydroxyl groups excluding tert-OH is 1. The molecular weight excluding hydrogens is 190 g/mol. The van der Waals surface area contributed by atoms with Gasteiger partial charge < -0.3 is 10.4 Å². The quantitative estimate of drug-likeness (QED) is 0.749. The zero-order chi connectivity index (χ0) is 11.4. The smallest absolute Gasteiger partial charge is 0.225 e. The number of amides is 1. The molecule has 1 aliphatic carbocycles. The van der Waals surface area contributed by atoms with Gasteiger partial charge >= 0.3 is 0 Å². The molecule has 0 bridgehead atoms. The van der Waals surface area contributed by atoms with Crippen molar-refractivity contribution in [2.45, 2.75) is 58.6 Å². The van der Waals surface area contributed by atoms with E-state index < -0.39 is 6.10 Å². The molecule has 0 aromatic heterocycles. The van der Waals surface area contributed by atoms with Crippen LogP contribution in [0.5, 0.6) is 0 Å². The lowest BCUT2D eigenvalue weighted by molar-refractivity contribution is -0.131. The molecule has 0 spiro atoms. The second kappa shape index (κ2) is 5.50. The number of nitrogens with one attached hydrogen (secondary N) is 1. The van der Waals surface area contributed by atoms with Gasteiger partial charge in [0.05, 0.1) is 12.0 Å². The lowest BCUT2D eigenvalue weighted by Gasteiger charge is -2.28. The predicted octanol–water partition coefficient (Wildman–Crippen LogP) is 1.70. The molecule has 0 aliphatic heterocycles. The second-order valence-corrected chi connectivity index (χ2v) is 5.00. The van der Waals surface area contributed by atoms with E-state index in [1.54, 1.807) is 0 Å². The van der Waals surface area contributed by atoms with Crippen molar-refractivity contribution in [1.29, 1.82) is 0 Å². The van der Waals surface area contributed by atoms with Crippen molar-refractivity contribution in [3.05, 3.63) is 0 Å². The van der Waals surface area contributed by atoms with Gasteiger partial charge in [-0.25, -0.2) is 0 Å². The molecule has 2 N–H and O–H groups in total. The first kappa shape index (κ1) is 12.5. The average Bonchev–Trinajstić information content (AvgIpc) is 2.18. The minimum Gasteiger partial charge on any atom is -0.392 e. The summed E-state index contributed by atoms with van der Waals surface area (Å²) in [4.78, 5) is 11.9. The molecule has 1 aliphatic rings. The van der Waals surface area contributed by atoms with Gasteiger partial charge in [0.15, 0.2) is 0 Å². The first-order valence-corrected chi connectivity index (χ1v) is 6.00. The highest BCUT2D eigenvalue weighted by atomic mass is 16.3. The minimum atomic E-state index is -0.432. The number of carbonyl (C=O) groups excluding carboxylic acids is 1. The molecule has 3 heteroatoms. The van der Waals surface area contributed by atoms with Crippen molar-refractivity contribution in [3.63, 3.8) is 0 Å². The van der Waals surface area contributed by atoms with E-state index in [2.05, 4.69) is 19.2 Å². The first-order valence-electron chi connectivity index (χ1n) is 6.00. The van der Waals surface area contributed by atoms with Crippen LogP contribution in [-0.4, -0.2) is 23.2 Å². The van der Waals surface area contributed by atoms with Gasteiger partial charge in [-0.3, -0.25) is 4.79 Å². The standard InChI is InChI=1S/C12H23NO2/c1-8(2)9(3)13-12(15)10-6-4-5-7-11(10)14/h8-11,14H,4-7H2,1-3H3,(H,13,15)/t9-,10?,11?/m0/s1. The van der Waals surface area contributed by atoms with Crippen LogP contribution in [0.1, 0.15) is 46.5 Å². The summed E-state index contributed by atoms with van der Waals surface area (Å²) >= 11 is 0. The van der Waals surface area contributed by atoms with E-state index in [1.807, 2.05) is 6.92 Å². The summed E-state index contributed by atoms with van der Waals surface area (Å²) in [6.45, 7) is 6.18. The van der Waals surface area contributed by atoms with Crippen LogP contribution in [-0.2, 0) is 4.79 Å². The SMILES string of the molecule is CC(C)[C@H](C)NC(=O)C1CCCCC1O. The molecule has 3 nitrogen and oxygen atoms in total. The summed E-state index contributed by atoms with van der Waals surface area (Å²) in [6, 6.07) is 0.187. The fraction of sp³-hybridized carbons (Fsp3) is 0.917. The molecule has 0 saturated heterocycles. The third-order valence-corrected chi connectivity index (χ3v) is 3.44. The van der Waals surface area contributed by atoms with Gasteiger partial charge in [-0.15, -0.1) is 0 Å². The van der Waals surface area contributed by atoms with Crippen LogP contribution in [0.15, 0.2) is 0 Å². The highest BCUT2D eigenvalue weighted by Crippen LogP contribution is 2.24. The number of carbonyl (C=O) groups is 1. The van der Waals surface area contributed by atoms with Crippen molar-refractivity contribution in [2.75, 3.05) is 0 Å². The number of hydrogen-bond acceptors (Lipinski definition) is 2. The number of hydrogen-bond donors (Lipinski definition) is 2. The monoisotopic (exact) mass is 213 g/mol. The Morgan fingerprint density at radius 2 is 1.87 bits per heavy atom. The predicted molar refractivity (Wildman–Crippen MR) is 60.4 cm³/mol. The molecule has 1 saturated carbocycles. The van der Waals surface area contributed by atoms with E-state index in [-0.39, 0.29) is 17.9 Å². The van der Waals surface area contributed by atoms with E-state index in [1.165, 1.54) is 0 Å². The Morgan fingerprint density at radius 1 is 1.27 bits per heavy atom. The largest absolute Gasteiger partial charge is 0.392 e. The van der Waals surface area contributed by atoms with Crippen LogP contribution in [0.3, 0.4) is 0 Å². The summed E-state index contributed by atoms with van der Waals surface area (Å²) < 4.78 is 0. The van der Waals surface area contributed by atoms with Gasteiger partial charge in [-0.2, -0.15) is 0 Å². The van der Waals surface area contributed by atoms with Crippen molar-refractivity contribution in [1.82, 2.24) is 5.32 Å². The minimum absolute atomic E-state index is 0.0309. The maximum Gasteiger partial charge on any atom is 0.225 e. The molecule has 0 heterocycles. The Bertz CT molecular complexity index is 216. The third-order valence-electron chi connectivity index (χ3n) is 3.44. The Balaban J connectivity index is 2.45. The molecule has 1 rings (SSSR count). The van der Waals surface area contributed by atoms with E-state index in [0.717, 1.165) is 25.7 Å². The zero-order valence-electron chi connectivity index (χ0n) is 9.99. The van der Waals surface area contributed by atoms with E-state index >= 15 is 0 Å². The topological polar surface area (TPSA) is 49.3 Å². The van der Waals surface area contributed by atoms with Crippen molar-refractivity contribution in [2.24, 2.45) is 11.8 Å². The zero-order valence-corrected chi connectivity index (χ0v) is 9.99. The van der Waals surface area contributed by atoms with Gasteiger partial charge in [-0.1, -0.05) is 26.7 Å². The molecule has 0 radical (unpaired) electrons. The highest BCUT2D eigenvalue weighted by Gasteiger charge is 2.30. The number of aliphatic hydroxyl groups is 1. The van der Waals surface area contributed by atoms with Crippen LogP contribution < -0.4 is 5.32 Å². The molecule has 0 aromatic rings. The molecule has 15 heavy (non-hydrogen) atoms. The highest BCUT2D eigenvalue weighted by molar-refractivity contribution is 5.79. The van der Waals surface area contributed by atoms with E-state index in [0.29, 0.717) is 5.92 Å². The Kier molecular flexibility index (Phi) is 4.58. The van der Waals surface area contributed by atoms with Gasteiger partial charge in [0, 0.05) is 6.04 Å². The van der Waals surface area contributed by atoms with Crippen molar-refractivity contribution >= 4 is 5.91 Å². The first-order chi connectivity index (χ1) is 7.02. The van der Waals surface area contributed by atoms with Gasteiger partial charge in [0.2, 0.25) is 5.91 Å². The second-order valence-electron chi connectivity index (χ2n) is 5.00. The van der Waals surface area contributed by atoms with Crippen molar-refractivity contribution in [3.8, 4) is 0 Å².